The first-order valence-corrected chi connectivity index (χ1v) is 7.21. The van der Waals surface area contributed by atoms with Gasteiger partial charge in [0.2, 0.25) is 0 Å². The number of ether oxygens (including phenoxy) is 1. The molecule has 0 bridgehead atoms. The summed E-state index contributed by atoms with van der Waals surface area (Å²) in [6.07, 6.45) is -2.78. The van der Waals surface area contributed by atoms with E-state index in [1.54, 1.807) is 6.07 Å². The van der Waals surface area contributed by atoms with E-state index < -0.39 is 11.7 Å². The van der Waals surface area contributed by atoms with Crippen LogP contribution in [-0.4, -0.2) is 18.2 Å². The zero-order valence-electron chi connectivity index (χ0n) is 13.1. The molecule has 0 aromatic heterocycles. The molecule has 1 rings (SSSR count). The lowest BCUT2D eigenvalue weighted by Gasteiger charge is -2.26. The summed E-state index contributed by atoms with van der Waals surface area (Å²) in [5.74, 6) is 0.263. The molecule has 0 radical (unpaired) electrons. The molecular formula is C16H24F3NO. The van der Waals surface area contributed by atoms with Gasteiger partial charge in [-0.25, -0.2) is 0 Å². The molecular weight excluding hydrogens is 279 g/mol. The Bertz CT molecular complexity index is 438. The second-order valence-electron chi connectivity index (χ2n) is 6.19. The average molecular weight is 303 g/mol. The van der Waals surface area contributed by atoms with E-state index in [9.17, 15) is 13.2 Å². The van der Waals surface area contributed by atoms with E-state index in [0.29, 0.717) is 6.54 Å². The molecule has 0 aliphatic heterocycles. The molecule has 1 aromatic carbocycles. The lowest BCUT2D eigenvalue weighted by molar-refractivity contribution is -0.137. The number of benzene rings is 1. The summed E-state index contributed by atoms with van der Waals surface area (Å²) in [6, 6.07) is 5.04. The molecule has 1 unspecified atom stereocenters. The van der Waals surface area contributed by atoms with Gasteiger partial charge < -0.3 is 10.1 Å². The van der Waals surface area contributed by atoms with Gasteiger partial charge in [-0.05, 0) is 45.4 Å². The number of nitrogens with one attached hydrogen (secondary N) is 1. The minimum atomic E-state index is -4.34. The third-order valence-corrected chi connectivity index (χ3v) is 2.93. The summed E-state index contributed by atoms with van der Waals surface area (Å²) in [6.45, 7) is 8.76. The van der Waals surface area contributed by atoms with Crippen LogP contribution in [0, 0.1) is 0 Å². The third kappa shape index (κ3) is 6.85. The van der Waals surface area contributed by atoms with Crippen molar-refractivity contribution in [3.05, 3.63) is 29.8 Å². The predicted octanol–water partition coefficient (Wildman–Crippen LogP) is 4.64. The van der Waals surface area contributed by atoms with Gasteiger partial charge in [0.05, 0.1) is 5.56 Å². The quantitative estimate of drug-likeness (QED) is 0.826. The van der Waals surface area contributed by atoms with Crippen LogP contribution in [0.15, 0.2) is 24.3 Å². The summed E-state index contributed by atoms with van der Waals surface area (Å²) < 4.78 is 43.8. The summed E-state index contributed by atoms with van der Waals surface area (Å²) in [4.78, 5) is 0. The van der Waals surface area contributed by atoms with E-state index in [2.05, 4.69) is 5.32 Å². The van der Waals surface area contributed by atoms with E-state index in [1.165, 1.54) is 6.07 Å². The van der Waals surface area contributed by atoms with E-state index in [4.69, 9.17) is 4.74 Å². The SMILES string of the molecule is CCCC(CNC(C)(C)C)Oc1cccc(C(F)(F)F)c1. The highest BCUT2D eigenvalue weighted by Gasteiger charge is 2.30. The van der Waals surface area contributed by atoms with Crippen molar-refractivity contribution >= 4 is 0 Å². The topological polar surface area (TPSA) is 21.3 Å². The molecule has 120 valence electrons. The van der Waals surface area contributed by atoms with Crippen molar-refractivity contribution in [2.75, 3.05) is 6.54 Å². The van der Waals surface area contributed by atoms with Crippen molar-refractivity contribution in [3.63, 3.8) is 0 Å². The zero-order chi connectivity index (χ0) is 16.1. The maximum absolute atomic E-state index is 12.7. The molecule has 1 atom stereocenters. The van der Waals surface area contributed by atoms with Crippen molar-refractivity contribution in [1.29, 1.82) is 0 Å². The first kappa shape index (κ1) is 17.8. The Hall–Kier alpha value is -1.23. The Balaban J connectivity index is 2.75. The van der Waals surface area contributed by atoms with E-state index in [1.807, 2.05) is 27.7 Å². The Morgan fingerprint density at radius 2 is 1.86 bits per heavy atom. The van der Waals surface area contributed by atoms with Crippen LogP contribution >= 0.6 is 0 Å². The molecule has 1 N–H and O–H groups in total. The molecule has 0 aliphatic rings. The lowest BCUT2D eigenvalue weighted by Crippen LogP contribution is -2.42. The van der Waals surface area contributed by atoms with Crippen LogP contribution in [0.2, 0.25) is 0 Å². The van der Waals surface area contributed by atoms with Crippen LogP contribution in [0.25, 0.3) is 0 Å². The first-order chi connectivity index (χ1) is 9.62. The third-order valence-electron chi connectivity index (χ3n) is 2.93. The van der Waals surface area contributed by atoms with Gasteiger partial charge in [-0.15, -0.1) is 0 Å². The van der Waals surface area contributed by atoms with Crippen molar-refractivity contribution in [2.45, 2.75) is 58.4 Å². The van der Waals surface area contributed by atoms with Gasteiger partial charge in [-0.3, -0.25) is 0 Å². The normalized spacial score (nSPS) is 14.0. The van der Waals surface area contributed by atoms with Gasteiger partial charge in [0.15, 0.2) is 0 Å². The van der Waals surface area contributed by atoms with Crippen molar-refractivity contribution in [2.24, 2.45) is 0 Å². The second-order valence-corrected chi connectivity index (χ2v) is 6.19. The smallest absolute Gasteiger partial charge is 0.416 e. The number of hydrogen-bond donors (Lipinski definition) is 1. The van der Waals surface area contributed by atoms with Crippen LogP contribution in [0.3, 0.4) is 0 Å². The van der Waals surface area contributed by atoms with E-state index >= 15 is 0 Å². The fourth-order valence-electron chi connectivity index (χ4n) is 1.88. The number of rotatable bonds is 6. The zero-order valence-corrected chi connectivity index (χ0v) is 13.1. The lowest BCUT2D eigenvalue weighted by atomic mass is 10.1. The molecule has 0 fully saturated rings. The van der Waals surface area contributed by atoms with E-state index in [-0.39, 0.29) is 17.4 Å². The maximum atomic E-state index is 12.7. The summed E-state index contributed by atoms with van der Waals surface area (Å²) >= 11 is 0. The molecule has 0 aliphatic carbocycles. The van der Waals surface area contributed by atoms with E-state index in [0.717, 1.165) is 25.0 Å². The minimum Gasteiger partial charge on any atom is -0.489 e. The predicted molar refractivity (Wildman–Crippen MR) is 78.5 cm³/mol. The average Bonchev–Trinajstić information content (AvgIpc) is 2.35. The monoisotopic (exact) mass is 303 g/mol. The van der Waals surface area contributed by atoms with Crippen LogP contribution in [0.5, 0.6) is 5.75 Å². The van der Waals surface area contributed by atoms with Gasteiger partial charge in [0.25, 0.3) is 0 Å². The highest BCUT2D eigenvalue weighted by molar-refractivity contribution is 5.30. The van der Waals surface area contributed by atoms with Gasteiger partial charge in [0, 0.05) is 12.1 Å². The summed E-state index contributed by atoms with van der Waals surface area (Å²) in [5.41, 5.74) is -0.734. The molecule has 0 saturated carbocycles. The second kappa shape index (κ2) is 7.16. The summed E-state index contributed by atoms with van der Waals surface area (Å²) in [5, 5.41) is 3.32. The molecule has 0 amide bonds. The number of alkyl halides is 3. The maximum Gasteiger partial charge on any atom is 0.416 e. The Morgan fingerprint density at radius 3 is 2.38 bits per heavy atom. The van der Waals surface area contributed by atoms with Crippen molar-refractivity contribution in [1.82, 2.24) is 5.32 Å². The van der Waals surface area contributed by atoms with Crippen LogP contribution in [-0.2, 0) is 6.18 Å². The fourth-order valence-corrected chi connectivity index (χ4v) is 1.88. The molecule has 0 spiro atoms. The molecule has 1 aromatic rings. The molecule has 0 heterocycles. The first-order valence-electron chi connectivity index (χ1n) is 7.21. The van der Waals surface area contributed by atoms with Gasteiger partial charge in [-0.1, -0.05) is 19.4 Å². The number of halogens is 3. The van der Waals surface area contributed by atoms with Gasteiger partial charge in [0.1, 0.15) is 11.9 Å². The van der Waals surface area contributed by atoms with Gasteiger partial charge in [-0.2, -0.15) is 13.2 Å². The fraction of sp³-hybridized carbons (Fsp3) is 0.625. The number of hydrogen-bond acceptors (Lipinski definition) is 2. The molecule has 5 heteroatoms. The Morgan fingerprint density at radius 1 is 1.19 bits per heavy atom. The largest absolute Gasteiger partial charge is 0.489 e. The van der Waals surface area contributed by atoms with Crippen molar-refractivity contribution < 1.29 is 17.9 Å². The minimum absolute atomic E-state index is 0.0524. The Kier molecular flexibility index (Phi) is 6.08. The Labute approximate surface area is 124 Å². The summed E-state index contributed by atoms with van der Waals surface area (Å²) in [7, 11) is 0. The van der Waals surface area contributed by atoms with Crippen molar-refractivity contribution in [3.8, 4) is 5.75 Å². The van der Waals surface area contributed by atoms with Crippen LogP contribution in [0.4, 0.5) is 13.2 Å². The molecule has 2 nitrogen and oxygen atoms in total. The highest BCUT2D eigenvalue weighted by Crippen LogP contribution is 2.31. The van der Waals surface area contributed by atoms with Gasteiger partial charge >= 0.3 is 6.18 Å². The molecule has 0 saturated heterocycles. The van der Waals surface area contributed by atoms with Crippen LogP contribution < -0.4 is 10.1 Å². The molecule has 21 heavy (non-hydrogen) atoms. The highest BCUT2D eigenvalue weighted by atomic mass is 19.4. The standard InChI is InChI=1S/C16H24F3NO/c1-5-7-14(11-20-15(2,3)4)21-13-9-6-8-12(10-13)16(17,18)19/h6,8-10,14,20H,5,7,11H2,1-4H3. The van der Waals surface area contributed by atoms with Crippen LogP contribution in [0.1, 0.15) is 46.1 Å².